The molecule has 6 nitrogen and oxygen atoms in total. The summed E-state index contributed by atoms with van der Waals surface area (Å²) in [6, 6.07) is 0.148. The minimum Gasteiger partial charge on any atom is -0.480 e. The first-order valence-corrected chi connectivity index (χ1v) is 7.91. The zero-order valence-corrected chi connectivity index (χ0v) is 13.1. The van der Waals surface area contributed by atoms with Gasteiger partial charge in [-0.15, -0.1) is 0 Å². The third-order valence-corrected chi connectivity index (χ3v) is 4.89. The molecule has 120 valence electrons. The maximum absolute atomic E-state index is 12.4. The van der Waals surface area contributed by atoms with Crippen molar-refractivity contribution in [3.8, 4) is 0 Å². The number of carbonyl (C=O) groups is 2. The Morgan fingerprint density at radius 1 is 1.19 bits per heavy atom. The summed E-state index contributed by atoms with van der Waals surface area (Å²) in [6.45, 7) is 1.37. The molecule has 2 amide bonds. The van der Waals surface area contributed by atoms with Crippen LogP contribution >= 0.6 is 0 Å². The second-order valence-corrected chi connectivity index (χ2v) is 6.58. The summed E-state index contributed by atoms with van der Waals surface area (Å²) in [5.41, 5.74) is -1.07. The number of carbonyl (C=O) groups excluding carboxylic acids is 1. The predicted octanol–water partition coefficient (Wildman–Crippen LogP) is 1.51. The molecule has 0 aromatic heterocycles. The highest BCUT2D eigenvalue weighted by Crippen LogP contribution is 2.28. The van der Waals surface area contributed by atoms with Gasteiger partial charge in [0.05, 0.1) is 0 Å². The van der Waals surface area contributed by atoms with E-state index in [0.29, 0.717) is 32.0 Å². The van der Waals surface area contributed by atoms with E-state index in [1.165, 1.54) is 0 Å². The van der Waals surface area contributed by atoms with Gasteiger partial charge in [-0.1, -0.05) is 25.7 Å². The maximum Gasteiger partial charge on any atom is 0.329 e. The van der Waals surface area contributed by atoms with Crippen LogP contribution in [0.25, 0.3) is 0 Å². The number of likely N-dealkylation sites (tertiary alicyclic amines) is 1. The number of hydrogen-bond donors (Lipinski definition) is 2. The summed E-state index contributed by atoms with van der Waals surface area (Å²) in [5.74, 6) is -0.888. The van der Waals surface area contributed by atoms with Gasteiger partial charge in [-0.2, -0.15) is 0 Å². The average Bonchev–Trinajstić information content (AvgIpc) is 2.81. The fraction of sp³-hybridized carbons (Fsp3) is 0.867. The van der Waals surface area contributed by atoms with Crippen LogP contribution in [0.4, 0.5) is 4.79 Å². The van der Waals surface area contributed by atoms with E-state index in [1.54, 1.807) is 4.90 Å². The van der Waals surface area contributed by atoms with Crippen molar-refractivity contribution < 1.29 is 14.7 Å². The molecular weight excluding hydrogens is 270 g/mol. The topological polar surface area (TPSA) is 72.9 Å². The van der Waals surface area contributed by atoms with Crippen LogP contribution in [0, 0.1) is 0 Å². The molecule has 0 aromatic carbocycles. The minimum atomic E-state index is -1.07. The minimum absolute atomic E-state index is 0.219. The van der Waals surface area contributed by atoms with Crippen LogP contribution in [0.5, 0.6) is 0 Å². The zero-order valence-electron chi connectivity index (χ0n) is 13.1. The Morgan fingerprint density at radius 3 is 2.29 bits per heavy atom. The quantitative estimate of drug-likeness (QED) is 0.775. The number of nitrogens with zero attached hydrogens (tertiary/aromatic N) is 2. The number of rotatable bonds is 3. The Labute approximate surface area is 126 Å². The normalized spacial score (nSPS) is 25.7. The molecule has 2 fully saturated rings. The van der Waals surface area contributed by atoms with Crippen molar-refractivity contribution in [2.75, 3.05) is 27.2 Å². The molecule has 21 heavy (non-hydrogen) atoms. The molecule has 1 unspecified atom stereocenters. The summed E-state index contributed by atoms with van der Waals surface area (Å²) >= 11 is 0. The molecule has 1 saturated heterocycles. The maximum atomic E-state index is 12.4. The lowest BCUT2D eigenvalue weighted by Crippen LogP contribution is -2.57. The molecule has 0 spiro atoms. The standard InChI is InChI=1S/C15H27N3O3/c1-17(2)12-7-10-18(11-12)14(21)16-15(13(19)20)8-5-3-4-6-9-15/h12H,3-11H2,1-2H3,(H,16,21)(H,19,20). The van der Waals surface area contributed by atoms with Crippen LogP contribution in [0.1, 0.15) is 44.9 Å². The second-order valence-electron chi connectivity index (χ2n) is 6.58. The van der Waals surface area contributed by atoms with Gasteiger partial charge in [0.1, 0.15) is 5.54 Å². The largest absolute Gasteiger partial charge is 0.480 e. The number of aliphatic carboxylic acids is 1. The summed E-state index contributed by atoms with van der Waals surface area (Å²) in [4.78, 5) is 28.0. The number of carboxylic acid groups (broad SMARTS) is 1. The molecule has 0 aromatic rings. The van der Waals surface area contributed by atoms with E-state index in [-0.39, 0.29) is 6.03 Å². The summed E-state index contributed by atoms with van der Waals surface area (Å²) in [5, 5.41) is 12.4. The van der Waals surface area contributed by atoms with Gasteiger partial charge < -0.3 is 20.2 Å². The van der Waals surface area contributed by atoms with E-state index in [0.717, 1.165) is 32.1 Å². The Hall–Kier alpha value is -1.30. The monoisotopic (exact) mass is 297 g/mol. The first-order valence-electron chi connectivity index (χ1n) is 7.91. The van der Waals surface area contributed by atoms with E-state index in [9.17, 15) is 14.7 Å². The number of carboxylic acids is 1. The molecule has 1 saturated carbocycles. The highest BCUT2D eigenvalue weighted by atomic mass is 16.4. The lowest BCUT2D eigenvalue weighted by Gasteiger charge is -2.31. The van der Waals surface area contributed by atoms with Crippen molar-refractivity contribution in [2.45, 2.75) is 56.5 Å². The number of likely N-dealkylation sites (N-methyl/N-ethyl adjacent to an activating group) is 1. The summed E-state index contributed by atoms with van der Waals surface area (Å²) < 4.78 is 0. The van der Waals surface area contributed by atoms with Crippen molar-refractivity contribution in [2.24, 2.45) is 0 Å². The van der Waals surface area contributed by atoms with Crippen molar-refractivity contribution in [1.29, 1.82) is 0 Å². The van der Waals surface area contributed by atoms with E-state index in [2.05, 4.69) is 10.2 Å². The molecule has 1 aliphatic carbocycles. The summed E-state index contributed by atoms with van der Waals surface area (Å²) in [7, 11) is 4.02. The van der Waals surface area contributed by atoms with Gasteiger partial charge in [0, 0.05) is 19.1 Å². The van der Waals surface area contributed by atoms with Crippen molar-refractivity contribution in [3.63, 3.8) is 0 Å². The number of hydrogen-bond acceptors (Lipinski definition) is 3. The molecule has 1 heterocycles. The van der Waals surface area contributed by atoms with Gasteiger partial charge >= 0.3 is 12.0 Å². The van der Waals surface area contributed by atoms with Gasteiger partial charge in [0.2, 0.25) is 0 Å². The van der Waals surface area contributed by atoms with Crippen molar-refractivity contribution in [1.82, 2.24) is 15.1 Å². The molecular formula is C15H27N3O3. The third-order valence-electron chi connectivity index (χ3n) is 4.89. The van der Waals surface area contributed by atoms with Crippen LogP contribution in [0.3, 0.4) is 0 Å². The van der Waals surface area contributed by atoms with Gasteiger partial charge in [0.25, 0.3) is 0 Å². The van der Waals surface area contributed by atoms with E-state index in [1.807, 2.05) is 14.1 Å². The van der Waals surface area contributed by atoms with E-state index in [4.69, 9.17) is 0 Å². The zero-order chi connectivity index (χ0) is 15.5. The SMILES string of the molecule is CN(C)C1CCN(C(=O)NC2(C(=O)O)CCCCCC2)C1. The first-order chi connectivity index (χ1) is 9.94. The molecule has 2 rings (SSSR count). The molecule has 1 aliphatic heterocycles. The molecule has 6 heteroatoms. The fourth-order valence-electron chi connectivity index (χ4n) is 3.36. The van der Waals surface area contributed by atoms with Crippen molar-refractivity contribution in [3.05, 3.63) is 0 Å². The molecule has 1 atom stereocenters. The Bertz CT molecular complexity index is 390. The van der Waals surface area contributed by atoms with Crippen LogP contribution in [-0.2, 0) is 4.79 Å². The highest BCUT2D eigenvalue weighted by molar-refractivity contribution is 5.86. The average molecular weight is 297 g/mol. The van der Waals surface area contributed by atoms with Gasteiger partial charge in [-0.05, 0) is 33.4 Å². The van der Waals surface area contributed by atoms with Crippen LogP contribution in [0.15, 0.2) is 0 Å². The summed E-state index contributed by atoms with van der Waals surface area (Å²) in [6.07, 6.45) is 5.87. The lowest BCUT2D eigenvalue weighted by atomic mass is 9.90. The molecule has 0 radical (unpaired) electrons. The number of urea groups is 1. The number of amides is 2. The Balaban J connectivity index is 2.00. The molecule has 2 aliphatic rings. The third kappa shape index (κ3) is 3.67. The van der Waals surface area contributed by atoms with Gasteiger partial charge in [0.15, 0.2) is 0 Å². The lowest BCUT2D eigenvalue weighted by molar-refractivity contribution is -0.145. The van der Waals surface area contributed by atoms with E-state index < -0.39 is 11.5 Å². The predicted molar refractivity (Wildman–Crippen MR) is 80.3 cm³/mol. The van der Waals surface area contributed by atoms with Crippen LogP contribution in [-0.4, -0.2) is 65.7 Å². The van der Waals surface area contributed by atoms with Crippen LogP contribution in [0.2, 0.25) is 0 Å². The number of nitrogens with one attached hydrogen (secondary N) is 1. The Kier molecular flexibility index (Phi) is 5.08. The van der Waals surface area contributed by atoms with Gasteiger partial charge in [-0.25, -0.2) is 9.59 Å². The molecule has 0 bridgehead atoms. The Morgan fingerprint density at radius 2 is 1.81 bits per heavy atom. The smallest absolute Gasteiger partial charge is 0.329 e. The van der Waals surface area contributed by atoms with Gasteiger partial charge in [-0.3, -0.25) is 0 Å². The van der Waals surface area contributed by atoms with Crippen molar-refractivity contribution >= 4 is 12.0 Å². The van der Waals surface area contributed by atoms with Crippen LogP contribution < -0.4 is 5.32 Å². The fourth-order valence-corrected chi connectivity index (χ4v) is 3.36. The second kappa shape index (κ2) is 6.64. The van der Waals surface area contributed by atoms with E-state index >= 15 is 0 Å². The first kappa shape index (κ1) is 16.1. The molecule has 2 N–H and O–H groups in total. The highest BCUT2D eigenvalue weighted by Gasteiger charge is 2.41.